The van der Waals surface area contributed by atoms with E-state index in [1.54, 1.807) is 4.68 Å². The quantitative estimate of drug-likeness (QED) is 0.824. The van der Waals surface area contributed by atoms with Crippen molar-refractivity contribution in [3.8, 4) is 0 Å². The molecule has 0 N–H and O–H groups in total. The number of hydrogen-bond acceptors (Lipinski definition) is 2. The minimum absolute atomic E-state index is 0.680. The first-order valence-corrected chi connectivity index (χ1v) is 5.98. The van der Waals surface area contributed by atoms with Gasteiger partial charge in [-0.25, -0.2) is 0 Å². The predicted octanol–water partition coefficient (Wildman–Crippen LogP) is 2.55. The standard InChI is InChI=1S/C12H17ClN4/c1-7-8(2)15-17(10(7)4)6-11-9(3)14-16(5)12(11)13/h6H2,1-5H3. The summed E-state index contributed by atoms with van der Waals surface area (Å²) in [6.45, 7) is 8.84. The predicted molar refractivity (Wildman–Crippen MR) is 68.5 cm³/mol. The van der Waals surface area contributed by atoms with E-state index in [1.807, 2.05) is 25.6 Å². The lowest BCUT2D eigenvalue weighted by molar-refractivity contribution is 0.656. The molecule has 2 rings (SSSR count). The van der Waals surface area contributed by atoms with E-state index in [-0.39, 0.29) is 0 Å². The molecule has 0 radical (unpaired) electrons. The van der Waals surface area contributed by atoms with Crippen molar-refractivity contribution in [2.45, 2.75) is 34.2 Å². The second-order valence-corrected chi connectivity index (χ2v) is 4.79. The Morgan fingerprint density at radius 1 is 1.06 bits per heavy atom. The topological polar surface area (TPSA) is 35.6 Å². The van der Waals surface area contributed by atoms with Gasteiger partial charge in [0.1, 0.15) is 5.15 Å². The summed E-state index contributed by atoms with van der Waals surface area (Å²) in [5.74, 6) is 0. The van der Waals surface area contributed by atoms with E-state index >= 15 is 0 Å². The van der Waals surface area contributed by atoms with Crippen molar-refractivity contribution < 1.29 is 0 Å². The highest BCUT2D eigenvalue weighted by atomic mass is 35.5. The third-order valence-corrected chi connectivity index (χ3v) is 3.79. The molecule has 0 fully saturated rings. The molecule has 0 saturated heterocycles. The van der Waals surface area contributed by atoms with Crippen molar-refractivity contribution in [3.63, 3.8) is 0 Å². The average Bonchev–Trinajstić information content (AvgIpc) is 2.65. The fraction of sp³-hybridized carbons (Fsp3) is 0.500. The maximum atomic E-state index is 6.22. The lowest BCUT2D eigenvalue weighted by Gasteiger charge is -2.04. The van der Waals surface area contributed by atoms with Crippen LogP contribution in [-0.4, -0.2) is 19.6 Å². The smallest absolute Gasteiger partial charge is 0.132 e. The highest BCUT2D eigenvalue weighted by Crippen LogP contribution is 2.21. The summed E-state index contributed by atoms with van der Waals surface area (Å²) in [6, 6.07) is 0. The number of hydrogen-bond donors (Lipinski definition) is 0. The average molecular weight is 253 g/mol. The Kier molecular flexibility index (Phi) is 3.00. The van der Waals surface area contributed by atoms with Crippen LogP contribution >= 0.6 is 11.6 Å². The molecule has 2 heterocycles. The summed E-state index contributed by atoms with van der Waals surface area (Å²) < 4.78 is 3.69. The van der Waals surface area contributed by atoms with Crippen LogP contribution in [0.15, 0.2) is 0 Å². The number of aromatic nitrogens is 4. The van der Waals surface area contributed by atoms with Crippen LogP contribution < -0.4 is 0 Å². The van der Waals surface area contributed by atoms with Gasteiger partial charge in [-0.15, -0.1) is 0 Å². The van der Waals surface area contributed by atoms with Crippen molar-refractivity contribution in [1.82, 2.24) is 19.6 Å². The van der Waals surface area contributed by atoms with Gasteiger partial charge in [0.15, 0.2) is 0 Å². The summed E-state index contributed by atoms with van der Waals surface area (Å²) in [5.41, 5.74) is 5.49. The second-order valence-electron chi connectivity index (χ2n) is 4.43. The van der Waals surface area contributed by atoms with E-state index in [2.05, 4.69) is 24.0 Å². The van der Waals surface area contributed by atoms with E-state index in [0.717, 1.165) is 17.0 Å². The first-order valence-electron chi connectivity index (χ1n) is 5.60. The third-order valence-electron chi connectivity index (χ3n) is 3.32. The van der Waals surface area contributed by atoms with Crippen molar-refractivity contribution in [1.29, 1.82) is 0 Å². The fourth-order valence-electron chi connectivity index (χ4n) is 1.94. The number of aryl methyl sites for hydroxylation is 3. The van der Waals surface area contributed by atoms with Gasteiger partial charge >= 0.3 is 0 Å². The van der Waals surface area contributed by atoms with Gasteiger partial charge in [-0.05, 0) is 33.3 Å². The Labute approximate surface area is 106 Å². The Morgan fingerprint density at radius 2 is 1.71 bits per heavy atom. The molecule has 0 bridgehead atoms. The fourth-order valence-corrected chi connectivity index (χ4v) is 2.18. The van der Waals surface area contributed by atoms with E-state index < -0.39 is 0 Å². The molecule has 2 aromatic heterocycles. The van der Waals surface area contributed by atoms with Gasteiger partial charge in [0.25, 0.3) is 0 Å². The van der Waals surface area contributed by atoms with Gasteiger partial charge in [0, 0.05) is 18.3 Å². The van der Waals surface area contributed by atoms with Gasteiger partial charge in [-0.2, -0.15) is 10.2 Å². The molecule has 5 heteroatoms. The van der Waals surface area contributed by atoms with Crippen molar-refractivity contribution in [2.24, 2.45) is 7.05 Å². The van der Waals surface area contributed by atoms with Crippen molar-refractivity contribution >= 4 is 11.6 Å². The zero-order valence-electron chi connectivity index (χ0n) is 10.9. The van der Waals surface area contributed by atoms with E-state index in [4.69, 9.17) is 11.6 Å². The molecule has 0 aromatic carbocycles. The van der Waals surface area contributed by atoms with E-state index in [1.165, 1.54) is 11.3 Å². The first-order chi connectivity index (χ1) is 7.91. The highest BCUT2D eigenvalue weighted by Gasteiger charge is 2.14. The molecule has 0 aliphatic carbocycles. The van der Waals surface area contributed by atoms with Gasteiger partial charge < -0.3 is 0 Å². The Hall–Kier alpha value is -1.29. The van der Waals surface area contributed by atoms with Gasteiger partial charge in [-0.1, -0.05) is 11.6 Å². The van der Waals surface area contributed by atoms with Gasteiger partial charge in [0.05, 0.1) is 17.9 Å². The first kappa shape index (κ1) is 12.2. The monoisotopic (exact) mass is 252 g/mol. The maximum Gasteiger partial charge on any atom is 0.132 e. The zero-order valence-corrected chi connectivity index (χ0v) is 11.6. The van der Waals surface area contributed by atoms with Gasteiger partial charge in [-0.3, -0.25) is 9.36 Å². The van der Waals surface area contributed by atoms with Gasteiger partial charge in [0.2, 0.25) is 0 Å². The van der Waals surface area contributed by atoms with Crippen molar-refractivity contribution in [2.75, 3.05) is 0 Å². The van der Waals surface area contributed by atoms with Crippen LogP contribution in [0.4, 0.5) is 0 Å². The highest BCUT2D eigenvalue weighted by molar-refractivity contribution is 6.30. The molecule has 92 valence electrons. The molecular weight excluding hydrogens is 236 g/mol. The number of nitrogens with zero attached hydrogens (tertiary/aromatic N) is 4. The molecule has 17 heavy (non-hydrogen) atoms. The van der Waals surface area contributed by atoms with Crippen LogP contribution in [-0.2, 0) is 13.6 Å². The summed E-state index contributed by atoms with van der Waals surface area (Å²) in [4.78, 5) is 0. The van der Waals surface area contributed by atoms with Crippen LogP contribution in [0.25, 0.3) is 0 Å². The summed E-state index contributed by atoms with van der Waals surface area (Å²) in [7, 11) is 1.85. The van der Waals surface area contributed by atoms with Crippen LogP contribution in [0.5, 0.6) is 0 Å². The molecule has 2 aromatic rings. The minimum Gasteiger partial charge on any atom is -0.265 e. The summed E-state index contributed by atoms with van der Waals surface area (Å²) in [5, 5.41) is 9.51. The van der Waals surface area contributed by atoms with Crippen LogP contribution in [0.2, 0.25) is 5.15 Å². The third kappa shape index (κ3) is 1.97. The largest absolute Gasteiger partial charge is 0.265 e. The summed E-state index contributed by atoms with van der Waals surface area (Å²) >= 11 is 6.22. The lowest BCUT2D eigenvalue weighted by atomic mass is 10.2. The molecule has 0 spiro atoms. The summed E-state index contributed by atoms with van der Waals surface area (Å²) in [6.07, 6.45) is 0. The molecule has 4 nitrogen and oxygen atoms in total. The maximum absolute atomic E-state index is 6.22. The normalized spacial score (nSPS) is 11.2. The zero-order chi connectivity index (χ0) is 12.7. The Morgan fingerprint density at radius 3 is 2.12 bits per heavy atom. The number of halogens is 1. The molecule has 0 aliphatic heterocycles. The second kappa shape index (κ2) is 4.18. The van der Waals surface area contributed by atoms with Crippen molar-refractivity contribution in [3.05, 3.63) is 33.4 Å². The SMILES string of the molecule is Cc1nn(Cc2c(C)nn(C)c2Cl)c(C)c1C. The molecule has 0 saturated carbocycles. The van der Waals surface area contributed by atoms with E-state index in [9.17, 15) is 0 Å². The lowest BCUT2D eigenvalue weighted by Crippen LogP contribution is -2.05. The molecule has 0 aliphatic rings. The van der Waals surface area contributed by atoms with Crippen LogP contribution in [0, 0.1) is 27.7 Å². The number of rotatable bonds is 2. The van der Waals surface area contributed by atoms with Crippen LogP contribution in [0.3, 0.4) is 0 Å². The molecular formula is C12H17ClN4. The Bertz CT molecular complexity index is 566. The van der Waals surface area contributed by atoms with Crippen LogP contribution in [0.1, 0.15) is 28.2 Å². The minimum atomic E-state index is 0.680. The molecule has 0 amide bonds. The van der Waals surface area contributed by atoms with E-state index in [0.29, 0.717) is 11.7 Å². The Balaban J connectivity index is 2.41. The molecule has 0 atom stereocenters. The molecule has 0 unspecified atom stereocenters.